The van der Waals surface area contributed by atoms with Gasteiger partial charge in [0, 0.05) is 31.7 Å². The van der Waals surface area contributed by atoms with Gasteiger partial charge in [0.1, 0.15) is 6.73 Å². The first-order valence-corrected chi connectivity index (χ1v) is 12.6. The summed E-state index contributed by atoms with van der Waals surface area (Å²) in [4.78, 5) is 4.33. The summed E-state index contributed by atoms with van der Waals surface area (Å²) in [7, 11) is -1.11. The van der Waals surface area contributed by atoms with Crippen molar-refractivity contribution in [1.82, 2.24) is 25.0 Å². The Morgan fingerprint density at radius 1 is 1.08 bits per heavy atom. The quantitative estimate of drug-likeness (QED) is 0.409. The van der Waals surface area contributed by atoms with Gasteiger partial charge in [-0.3, -0.25) is 5.10 Å². The first-order chi connectivity index (χ1) is 12.5. The molecule has 3 aromatic heterocycles. The maximum atomic E-state index is 5.96. The predicted octanol–water partition coefficient (Wildman–Crippen LogP) is 4.29. The fourth-order valence-corrected chi connectivity index (χ4v) is 3.75. The van der Waals surface area contributed by atoms with Crippen LogP contribution in [-0.4, -0.2) is 39.6 Å². The lowest BCUT2D eigenvalue weighted by molar-refractivity contribution is 0.0802. The largest absolute Gasteiger partial charge is 0.360 e. The van der Waals surface area contributed by atoms with E-state index < -0.39 is 8.07 Å². The highest BCUT2D eigenvalue weighted by molar-refractivity contribution is 6.76. The molecule has 0 saturated heterocycles. The van der Waals surface area contributed by atoms with Crippen LogP contribution in [0.2, 0.25) is 25.7 Å². The van der Waals surface area contributed by atoms with Crippen LogP contribution in [-0.2, 0) is 11.5 Å². The second-order valence-corrected chi connectivity index (χ2v) is 13.3. The third kappa shape index (κ3) is 3.27. The molecule has 1 aromatic carbocycles. The minimum Gasteiger partial charge on any atom is -0.360 e. The van der Waals surface area contributed by atoms with E-state index in [2.05, 4.69) is 40.9 Å². The van der Waals surface area contributed by atoms with Gasteiger partial charge in [-0.25, -0.2) is 9.67 Å². The minimum absolute atomic E-state index is 0.426. The lowest BCUT2D eigenvalue weighted by Crippen LogP contribution is -2.22. The molecule has 0 radical (unpaired) electrons. The summed E-state index contributed by atoms with van der Waals surface area (Å²) in [6, 6.07) is 13.2. The number of nitrogens with zero attached hydrogens (tertiary/aromatic N) is 4. The van der Waals surface area contributed by atoms with Crippen molar-refractivity contribution < 1.29 is 4.74 Å². The lowest BCUT2D eigenvalue weighted by atomic mass is 10.1. The first-order valence-electron chi connectivity index (χ1n) is 8.86. The lowest BCUT2D eigenvalue weighted by Gasteiger charge is -2.15. The molecule has 4 rings (SSSR count). The van der Waals surface area contributed by atoms with Crippen molar-refractivity contribution in [2.75, 3.05) is 6.61 Å². The maximum absolute atomic E-state index is 5.96. The first kappa shape index (κ1) is 16.9. The molecule has 1 N–H and O–H groups in total. The molecule has 3 heterocycles. The maximum Gasteiger partial charge on any atom is 0.181 e. The summed E-state index contributed by atoms with van der Waals surface area (Å²) >= 11 is 0. The zero-order chi connectivity index (χ0) is 18.1. The number of pyridine rings is 1. The Kier molecular flexibility index (Phi) is 4.34. The second-order valence-electron chi connectivity index (χ2n) is 7.69. The van der Waals surface area contributed by atoms with Crippen molar-refractivity contribution >= 4 is 30.0 Å². The van der Waals surface area contributed by atoms with E-state index in [1.807, 2.05) is 35.0 Å². The van der Waals surface area contributed by atoms with Crippen LogP contribution in [0.4, 0.5) is 0 Å². The fraction of sp³-hybridized carbons (Fsp3) is 0.316. The molecular formula is C19H23N5OSi. The molecule has 0 amide bonds. The summed E-state index contributed by atoms with van der Waals surface area (Å²) in [5.41, 5.74) is 3.57. The highest BCUT2D eigenvalue weighted by Gasteiger charge is 2.18. The van der Waals surface area contributed by atoms with Gasteiger partial charge in [-0.1, -0.05) is 37.8 Å². The van der Waals surface area contributed by atoms with Gasteiger partial charge < -0.3 is 4.74 Å². The number of hydrogen-bond acceptors (Lipinski definition) is 4. The van der Waals surface area contributed by atoms with Crippen LogP contribution in [0, 0.1) is 0 Å². The highest BCUT2D eigenvalue weighted by atomic mass is 28.3. The van der Waals surface area contributed by atoms with Crippen LogP contribution in [0.25, 0.3) is 33.3 Å². The van der Waals surface area contributed by atoms with Crippen molar-refractivity contribution in [1.29, 1.82) is 0 Å². The third-order valence-electron chi connectivity index (χ3n) is 4.42. The molecule has 0 bridgehead atoms. The van der Waals surface area contributed by atoms with Gasteiger partial charge in [-0.2, -0.15) is 10.2 Å². The molecule has 134 valence electrons. The number of rotatable bonds is 6. The molecule has 0 aliphatic carbocycles. The van der Waals surface area contributed by atoms with E-state index in [4.69, 9.17) is 9.84 Å². The molecule has 4 aromatic rings. The van der Waals surface area contributed by atoms with Crippen molar-refractivity contribution in [3.8, 4) is 11.4 Å². The summed E-state index contributed by atoms with van der Waals surface area (Å²) in [5.74, 6) is 0. The van der Waals surface area contributed by atoms with Gasteiger partial charge in [-0.15, -0.1) is 0 Å². The van der Waals surface area contributed by atoms with E-state index in [0.717, 1.165) is 40.3 Å². The normalized spacial score (nSPS) is 12.3. The van der Waals surface area contributed by atoms with E-state index in [1.165, 1.54) is 0 Å². The monoisotopic (exact) mass is 365 g/mol. The van der Waals surface area contributed by atoms with E-state index in [-0.39, 0.29) is 0 Å². The molecular weight excluding hydrogens is 342 g/mol. The molecule has 0 spiro atoms. The number of ether oxygens (including phenoxy) is 1. The minimum atomic E-state index is -1.11. The van der Waals surface area contributed by atoms with E-state index in [1.54, 1.807) is 6.20 Å². The Hall–Kier alpha value is -2.51. The van der Waals surface area contributed by atoms with Gasteiger partial charge in [0.05, 0.1) is 16.9 Å². The van der Waals surface area contributed by atoms with Crippen LogP contribution in [0.5, 0.6) is 0 Å². The molecule has 0 aliphatic rings. The Balaban J connectivity index is 1.73. The summed E-state index contributed by atoms with van der Waals surface area (Å²) in [6.07, 6.45) is 1.75. The zero-order valence-corrected chi connectivity index (χ0v) is 16.4. The molecule has 0 saturated carbocycles. The smallest absolute Gasteiger partial charge is 0.181 e. The van der Waals surface area contributed by atoms with Gasteiger partial charge >= 0.3 is 0 Å². The van der Waals surface area contributed by atoms with Crippen LogP contribution >= 0.6 is 0 Å². The molecule has 7 heteroatoms. The Labute approximate surface area is 153 Å². The van der Waals surface area contributed by atoms with Crippen LogP contribution in [0.15, 0.2) is 42.6 Å². The highest BCUT2D eigenvalue weighted by Crippen LogP contribution is 2.31. The van der Waals surface area contributed by atoms with Crippen molar-refractivity contribution in [2.45, 2.75) is 32.4 Å². The molecule has 0 atom stereocenters. The second kappa shape index (κ2) is 6.66. The van der Waals surface area contributed by atoms with Crippen LogP contribution in [0.1, 0.15) is 0 Å². The van der Waals surface area contributed by atoms with Crippen molar-refractivity contribution in [2.24, 2.45) is 0 Å². The molecule has 0 aliphatic heterocycles. The topological polar surface area (TPSA) is 68.6 Å². The number of aromatic amines is 1. The summed E-state index contributed by atoms with van der Waals surface area (Å²) in [5, 5.41) is 14.3. The third-order valence-corrected chi connectivity index (χ3v) is 6.13. The number of nitrogens with one attached hydrogen (secondary N) is 1. The number of H-pyrrole nitrogens is 1. The standard InChI is InChI=1S/C19H23N5OSi/c1-26(2,3)12-11-25-13-24-18(14-7-4-5-9-16(14)23-24)17-15-8-6-10-20-19(15)22-21-17/h4-10H,11-13H2,1-3H3,(H,20,21,22). The number of benzene rings is 1. The molecule has 6 nitrogen and oxygen atoms in total. The molecule has 0 fully saturated rings. The fourth-order valence-electron chi connectivity index (χ4n) is 3.00. The van der Waals surface area contributed by atoms with Gasteiger partial charge in [-0.05, 0) is 24.2 Å². The average Bonchev–Trinajstić information content (AvgIpc) is 3.18. The van der Waals surface area contributed by atoms with Gasteiger partial charge in [0.25, 0.3) is 0 Å². The van der Waals surface area contributed by atoms with E-state index >= 15 is 0 Å². The number of fused-ring (bicyclic) bond motifs is 2. The number of aromatic nitrogens is 5. The molecule has 26 heavy (non-hydrogen) atoms. The van der Waals surface area contributed by atoms with Crippen molar-refractivity contribution in [3.05, 3.63) is 42.6 Å². The average molecular weight is 366 g/mol. The SMILES string of the molecule is C[Si](C)(C)CCOCn1nc2ccccc2c1-c1[nH]nc2ncccc12. The predicted molar refractivity (Wildman–Crippen MR) is 107 cm³/mol. The number of hydrogen-bond donors (Lipinski definition) is 1. The van der Waals surface area contributed by atoms with Gasteiger partial charge in [0.2, 0.25) is 0 Å². The van der Waals surface area contributed by atoms with Crippen LogP contribution < -0.4 is 0 Å². The van der Waals surface area contributed by atoms with E-state index in [9.17, 15) is 0 Å². The zero-order valence-electron chi connectivity index (χ0n) is 15.4. The molecule has 0 unspecified atom stereocenters. The van der Waals surface area contributed by atoms with Gasteiger partial charge in [0.15, 0.2) is 5.65 Å². The summed E-state index contributed by atoms with van der Waals surface area (Å²) < 4.78 is 7.89. The van der Waals surface area contributed by atoms with E-state index in [0.29, 0.717) is 12.4 Å². The van der Waals surface area contributed by atoms with Crippen LogP contribution in [0.3, 0.4) is 0 Å². The van der Waals surface area contributed by atoms with Crippen molar-refractivity contribution in [3.63, 3.8) is 0 Å². The Morgan fingerprint density at radius 3 is 2.73 bits per heavy atom. The Morgan fingerprint density at radius 2 is 1.88 bits per heavy atom. The summed E-state index contributed by atoms with van der Waals surface area (Å²) in [6.45, 7) is 8.25. The Bertz CT molecular complexity index is 1050.